The highest BCUT2D eigenvalue weighted by Gasteiger charge is 2.13. The number of non-ortho nitro benzene ring substituents is 1. The number of ether oxygens (including phenoxy) is 1. The lowest BCUT2D eigenvalue weighted by Crippen LogP contribution is -2.41. The van der Waals surface area contributed by atoms with E-state index in [4.69, 9.17) is 16.3 Å². The second kappa shape index (κ2) is 9.53. The highest BCUT2D eigenvalue weighted by Crippen LogP contribution is 2.17. The summed E-state index contributed by atoms with van der Waals surface area (Å²) in [5.41, 5.74) is 5.52. The van der Waals surface area contributed by atoms with Crippen LogP contribution in [-0.2, 0) is 6.61 Å². The Balaban J connectivity index is 1.53. The van der Waals surface area contributed by atoms with Gasteiger partial charge in [0.1, 0.15) is 12.4 Å². The van der Waals surface area contributed by atoms with Crippen LogP contribution in [0.15, 0.2) is 72.8 Å². The summed E-state index contributed by atoms with van der Waals surface area (Å²) >= 11 is 5.83. The third-order valence-electron chi connectivity index (χ3n) is 4.04. The van der Waals surface area contributed by atoms with Gasteiger partial charge in [-0.05, 0) is 48.0 Å². The van der Waals surface area contributed by atoms with E-state index in [2.05, 4.69) is 10.9 Å². The van der Waals surface area contributed by atoms with Crippen molar-refractivity contribution in [2.24, 2.45) is 0 Å². The van der Waals surface area contributed by atoms with Crippen LogP contribution in [0.5, 0.6) is 5.75 Å². The lowest BCUT2D eigenvalue weighted by molar-refractivity contribution is -0.384. The number of benzene rings is 3. The van der Waals surface area contributed by atoms with Crippen molar-refractivity contribution >= 4 is 29.1 Å². The first-order valence-electron chi connectivity index (χ1n) is 8.75. The standard InChI is InChI=1S/C21H16ClN3O5/c22-17-8-10-19(11-9-17)30-13-14-4-6-15(7-5-14)20(26)23-24-21(27)16-2-1-3-18(12-16)25(28)29/h1-12H,13H2,(H,23,26)(H,24,27). The van der Waals surface area contributed by atoms with Crippen LogP contribution in [0, 0.1) is 10.1 Å². The van der Waals surface area contributed by atoms with Crippen LogP contribution in [0.3, 0.4) is 0 Å². The Morgan fingerprint density at radius 1 is 0.900 bits per heavy atom. The number of rotatable bonds is 6. The number of nitrogens with one attached hydrogen (secondary N) is 2. The molecule has 0 radical (unpaired) electrons. The molecule has 0 aromatic heterocycles. The summed E-state index contributed by atoms with van der Waals surface area (Å²) in [5, 5.41) is 11.4. The van der Waals surface area contributed by atoms with Gasteiger partial charge in [-0.3, -0.25) is 30.6 Å². The lowest BCUT2D eigenvalue weighted by atomic mass is 10.1. The summed E-state index contributed by atoms with van der Waals surface area (Å²) in [7, 11) is 0. The summed E-state index contributed by atoms with van der Waals surface area (Å²) in [6, 6.07) is 18.8. The van der Waals surface area contributed by atoms with E-state index in [0.29, 0.717) is 22.9 Å². The maximum atomic E-state index is 12.2. The minimum Gasteiger partial charge on any atom is -0.489 e. The fourth-order valence-electron chi connectivity index (χ4n) is 2.47. The molecule has 30 heavy (non-hydrogen) atoms. The smallest absolute Gasteiger partial charge is 0.270 e. The Bertz CT molecular complexity index is 1070. The molecule has 0 saturated carbocycles. The summed E-state index contributed by atoms with van der Waals surface area (Å²) in [6.07, 6.45) is 0. The number of hydrogen-bond donors (Lipinski definition) is 2. The predicted molar refractivity (Wildman–Crippen MR) is 110 cm³/mol. The van der Waals surface area contributed by atoms with Crippen LogP contribution in [-0.4, -0.2) is 16.7 Å². The summed E-state index contributed by atoms with van der Waals surface area (Å²) < 4.78 is 5.64. The molecule has 9 heteroatoms. The van der Waals surface area contributed by atoms with Crippen molar-refractivity contribution in [3.63, 3.8) is 0 Å². The zero-order valence-corrected chi connectivity index (χ0v) is 16.3. The molecular weight excluding hydrogens is 410 g/mol. The molecule has 0 aliphatic rings. The molecule has 0 heterocycles. The quantitative estimate of drug-likeness (QED) is 0.459. The molecule has 3 aromatic carbocycles. The summed E-state index contributed by atoms with van der Waals surface area (Å²) in [4.78, 5) is 34.5. The maximum Gasteiger partial charge on any atom is 0.270 e. The first-order chi connectivity index (χ1) is 14.4. The van der Waals surface area contributed by atoms with E-state index in [1.807, 2.05) is 0 Å². The molecule has 8 nitrogen and oxygen atoms in total. The number of nitrogens with zero attached hydrogens (tertiary/aromatic N) is 1. The van der Waals surface area contributed by atoms with Gasteiger partial charge in [0, 0.05) is 28.3 Å². The van der Waals surface area contributed by atoms with Crippen molar-refractivity contribution in [2.45, 2.75) is 6.61 Å². The van der Waals surface area contributed by atoms with E-state index in [1.165, 1.54) is 18.2 Å². The lowest BCUT2D eigenvalue weighted by Gasteiger charge is -2.09. The highest BCUT2D eigenvalue weighted by molar-refractivity contribution is 6.30. The largest absolute Gasteiger partial charge is 0.489 e. The Hall–Kier alpha value is -3.91. The van der Waals surface area contributed by atoms with Crippen LogP contribution < -0.4 is 15.6 Å². The SMILES string of the molecule is O=C(NNC(=O)c1cccc([N+](=O)[O-])c1)c1ccc(COc2ccc(Cl)cc2)cc1. The van der Waals surface area contributed by atoms with E-state index in [9.17, 15) is 19.7 Å². The second-order valence-corrected chi connectivity index (χ2v) is 6.59. The monoisotopic (exact) mass is 425 g/mol. The van der Waals surface area contributed by atoms with Crippen molar-refractivity contribution in [3.05, 3.63) is 105 Å². The Labute approximate surface area is 176 Å². The molecule has 0 saturated heterocycles. The number of halogens is 1. The van der Waals surface area contributed by atoms with Gasteiger partial charge >= 0.3 is 0 Å². The van der Waals surface area contributed by atoms with Crippen molar-refractivity contribution in [1.82, 2.24) is 10.9 Å². The number of amides is 2. The molecule has 0 spiro atoms. The van der Waals surface area contributed by atoms with Crippen LogP contribution >= 0.6 is 11.6 Å². The van der Waals surface area contributed by atoms with Gasteiger partial charge in [0.05, 0.1) is 4.92 Å². The molecule has 0 aliphatic carbocycles. The van der Waals surface area contributed by atoms with Gasteiger partial charge in [0.25, 0.3) is 17.5 Å². The fourth-order valence-corrected chi connectivity index (χ4v) is 2.59. The second-order valence-electron chi connectivity index (χ2n) is 6.16. The molecule has 0 aliphatic heterocycles. The van der Waals surface area contributed by atoms with Crippen LogP contribution in [0.1, 0.15) is 26.3 Å². The number of nitro benzene ring substituents is 1. The number of hydrazine groups is 1. The van der Waals surface area contributed by atoms with Gasteiger partial charge in [-0.2, -0.15) is 0 Å². The van der Waals surface area contributed by atoms with Crippen LogP contribution in [0.25, 0.3) is 0 Å². The van der Waals surface area contributed by atoms with Gasteiger partial charge in [-0.15, -0.1) is 0 Å². The van der Waals surface area contributed by atoms with E-state index >= 15 is 0 Å². The first-order valence-corrected chi connectivity index (χ1v) is 9.12. The number of hydrogen-bond acceptors (Lipinski definition) is 5. The highest BCUT2D eigenvalue weighted by atomic mass is 35.5. The van der Waals surface area contributed by atoms with Gasteiger partial charge in [0.15, 0.2) is 0 Å². The van der Waals surface area contributed by atoms with E-state index in [1.54, 1.807) is 48.5 Å². The molecular formula is C21H16ClN3O5. The predicted octanol–water partition coefficient (Wildman–Crippen LogP) is 3.90. The Kier molecular flexibility index (Phi) is 6.61. The third kappa shape index (κ3) is 5.55. The minimum absolute atomic E-state index is 0.0548. The average molecular weight is 426 g/mol. The molecule has 0 fully saturated rings. The van der Waals surface area contributed by atoms with Gasteiger partial charge in [-0.1, -0.05) is 29.8 Å². The van der Waals surface area contributed by atoms with E-state index in [0.717, 1.165) is 11.6 Å². The molecule has 0 unspecified atom stereocenters. The van der Waals surface area contributed by atoms with Crippen molar-refractivity contribution in [2.75, 3.05) is 0 Å². The molecule has 3 aromatic rings. The number of carbonyl (C=O) groups is 2. The molecule has 0 atom stereocenters. The number of nitro groups is 1. The van der Waals surface area contributed by atoms with E-state index in [-0.39, 0.29) is 11.3 Å². The Morgan fingerprint density at radius 2 is 1.53 bits per heavy atom. The van der Waals surface area contributed by atoms with Gasteiger partial charge < -0.3 is 4.74 Å². The van der Waals surface area contributed by atoms with Gasteiger partial charge in [-0.25, -0.2) is 0 Å². The van der Waals surface area contributed by atoms with Crippen LogP contribution in [0.2, 0.25) is 5.02 Å². The topological polar surface area (TPSA) is 111 Å². The zero-order valence-electron chi connectivity index (χ0n) is 15.5. The molecule has 2 amide bonds. The van der Waals surface area contributed by atoms with Crippen molar-refractivity contribution in [1.29, 1.82) is 0 Å². The Morgan fingerprint density at radius 3 is 2.17 bits per heavy atom. The molecule has 2 N–H and O–H groups in total. The molecule has 3 rings (SSSR count). The third-order valence-corrected chi connectivity index (χ3v) is 4.30. The number of carbonyl (C=O) groups excluding carboxylic acids is 2. The van der Waals surface area contributed by atoms with Gasteiger partial charge in [0.2, 0.25) is 0 Å². The van der Waals surface area contributed by atoms with Crippen LogP contribution in [0.4, 0.5) is 5.69 Å². The summed E-state index contributed by atoms with van der Waals surface area (Å²) in [5.74, 6) is -0.524. The minimum atomic E-state index is -0.667. The van der Waals surface area contributed by atoms with E-state index < -0.39 is 16.7 Å². The fraction of sp³-hybridized carbons (Fsp3) is 0.0476. The normalized spacial score (nSPS) is 10.2. The molecule has 0 bridgehead atoms. The van der Waals surface area contributed by atoms with Crippen molar-refractivity contribution in [3.8, 4) is 5.75 Å². The summed E-state index contributed by atoms with van der Waals surface area (Å²) in [6.45, 7) is 0.313. The first kappa shape index (κ1) is 20.8. The van der Waals surface area contributed by atoms with Crippen molar-refractivity contribution < 1.29 is 19.2 Å². The average Bonchev–Trinajstić information content (AvgIpc) is 2.77. The molecule has 152 valence electrons. The zero-order chi connectivity index (χ0) is 21.5. The maximum absolute atomic E-state index is 12.2.